The average molecular weight is 278 g/mol. The summed E-state index contributed by atoms with van der Waals surface area (Å²) in [6, 6.07) is 3.29. The Labute approximate surface area is 110 Å². The molecular weight excluding hydrogens is 270 g/mol. The van der Waals surface area contributed by atoms with Crippen molar-refractivity contribution in [1.82, 2.24) is 25.3 Å². The van der Waals surface area contributed by atoms with Crippen LogP contribution in [0, 0.1) is 11.6 Å². The predicted molar refractivity (Wildman–Crippen MR) is 63.3 cm³/mol. The summed E-state index contributed by atoms with van der Waals surface area (Å²) in [7, 11) is 0. The summed E-state index contributed by atoms with van der Waals surface area (Å²) in [6.07, 6.45) is 0.0687. The number of nitrogen functional groups attached to an aromatic ring is 1. The molecule has 0 fully saturated rings. The molecule has 0 aliphatic carbocycles. The van der Waals surface area contributed by atoms with Crippen LogP contribution >= 0.6 is 0 Å². The minimum absolute atomic E-state index is 0.0457. The van der Waals surface area contributed by atoms with Crippen molar-refractivity contribution >= 4 is 5.95 Å². The molecule has 0 saturated carbocycles. The van der Waals surface area contributed by atoms with E-state index in [1.807, 2.05) is 0 Å². The molecule has 0 aliphatic heterocycles. The van der Waals surface area contributed by atoms with Gasteiger partial charge in [-0.15, -0.1) is 5.10 Å². The molecule has 3 N–H and O–H groups in total. The van der Waals surface area contributed by atoms with Crippen LogP contribution in [0.3, 0.4) is 0 Å². The highest BCUT2D eigenvalue weighted by atomic mass is 19.1. The van der Waals surface area contributed by atoms with E-state index in [-0.39, 0.29) is 35.5 Å². The van der Waals surface area contributed by atoms with Crippen molar-refractivity contribution in [2.45, 2.75) is 6.42 Å². The highest BCUT2D eigenvalue weighted by Crippen LogP contribution is 2.16. The Kier molecular flexibility index (Phi) is 2.86. The van der Waals surface area contributed by atoms with Crippen LogP contribution in [0.4, 0.5) is 14.7 Å². The van der Waals surface area contributed by atoms with Gasteiger partial charge in [-0.05, 0) is 11.6 Å². The largest absolute Gasteiger partial charge is 0.366 e. The molecule has 0 bridgehead atoms. The molecule has 0 atom stereocenters. The Morgan fingerprint density at radius 1 is 1.25 bits per heavy atom. The highest BCUT2D eigenvalue weighted by Gasteiger charge is 2.14. The zero-order valence-electron chi connectivity index (χ0n) is 9.97. The first-order chi connectivity index (χ1) is 9.61. The summed E-state index contributed by atoms with van der Waals surface area (Å²) in [4.78, 5) is 7.85. The topological polar surface area (TPSA) is 107 Å². The summed E-state index contributed by atoms with van der Waals surface area (Å²) in [5.41, 5.74) is 5.61. The summed E-state index contributed by atoms with van der Waals surface area (Å²) >= 11 is 0. The molecule has 9 heteroatoms. The number of nitrogens with two attached hydrogens (primary N) is 1. The number of benzene rings is 1. The first kappa shape index (κ1) is 12.2. The molecule has 0 spiro atoms. The van der Waals surface area contributed by atoms with E-state index in [0.29, 0.717) is 0 Å². The number of halogens is 2. The fourth-order valence-corrected chi connectivity index (χ4v) is 1.63. The van der Waals surface area contributed by atoms with Gasteiger partial charge in [0.25, 0.3) is 5.89 Å². The molecular formula is C11H8F2N6O. The average Bonchev–Trinajstić information content (AvgIpc) is 3.02. The van der Waals surface area contributed by atoms with Crippen LogP contribution in [0.25, 0.3) is 11.7 Å². The molecule has 2 heterocycles. The Morgan fingerprint density at radius 2 is 2.10 bits per heavy atom. The predicted octanol–water partition coefficient (Wildman–Crippen LogP) is 1.31. The van der Waals surface area contributed by atoms with E-state index >= 15 is 0 Å². The molecule has 0 amide bonds. The van der Waals surface area contributed by atoms with Gasteiger partial charge in [-0.1, -0.05) is 11.2 Å². The molecule has 3 rings (SSSR count). The Bertz CT molecular complexity index is 753. The van der Waals surface area contributed by atoms with Crippen LogP contribution in [0.1, 0.15) is 11.4 Å². The first-order valence-electron chi connectivity index (χ1n) is 5.56. The minimum atomic E-state index is -0.666. The number of hydrogen-bond donors (Lipinski definition) is 2. The van der Waals surface area contributed by atoms with Gasteiger partial charge < -0.3 is 10.3 Å². The normalized spacial score (nSPS) is 10.9. The number of nitrogens with zero attached hydrogens (tertiary/aromatic N) is 4. The molecule has 1 aromatic carbocycles. The fraction of sp³-hybridized carbons (Fsp3) is 0.0909. The van der Waals surface area contributed by atoms with Gasteiger partial charge in [-0.3, -0.25) is 5.10 Å². The van der Waals surface area contributed by atoms with Crippen molar-refractivity contribution in [3.8, 4) is 11.7 Å². The van der Waals surface area contributed by atoms with E-state index in [1.165, 1.54) is 6.07 Å². The molecule has 0 aliphatic rings. The van der Waals surface area contributed by atoms with E-state index in [4.69, 9.17) is 10.3 Å². The molecule has 2 aromatic heterocycles. The van der Waals surface area contributed by atoms with Crippen molar-refractivity contribution in [3.63, 3.8) is 0 Å². The van der Waals surface area contributed by atoms with Crippen molar-refractivity contribution in [3.05, 3.63) is 41.2 Å². The third-order valence-corrected chi connectivity index (χ3v) is 2.54. The molecule has 0 unspecified atom stereocenters. The summed E-state index contributed by atoms with van der Waals surface area (Å²) < 4.78 is 31.2. The molecule has 3 aromatic rings. The smallest absolute Gasteiger partial charge is 0.295 e. The van der Waals surface area contributed by atoms with Crippen molar-refractivity contribution in [2.75, 3.05) is 5.73 Å². The van der Waals surface area contributed by atoms with Crippen LogP contribution < -0.4 is 5.73 Å². The van der Waals surface area contributed by atoms with Crippen LogP contribution in [-0.2, 0) is 6.42 Å². The number of H-pyrrole nitrogens is 1. The number of aromatic nitrogens is 5. The van der Waals surface area contributed by atoms with E-state index in [0.717, 1.165) is 12.1 Å². The summed E-state index contributed by atoms with van der Waals surface area (Å²) in [5.74, 6) is -0.713. The quantitative estimate of drug-likeness (QED) is 0.748. The lowest BCUT2D eigenvalue weighted by Crippen LogP contribution is -1.95. The lowest BCUT2D eigenvalue weighted by Gasteiger charge is -1.98. The van der Waals surface area contributed by atoms with Gasteiger partial charge in [-0.2, -0.15) is 9.97 Å². The summed E-state index contributed by atoms with van der Waals surface area (Å²) in [6.45, 7) is 0. The van der Waals surface area contributed by atoms with Gasteiger partial charge in [0.05, 0.1) is 0 Å². The fourth-order valence-electron chi connectivity index (χ4n) is 1.63. The number of rotatable bonds is 3. The lowest BCUT2D eigenvalue weighted by molar-refractivity contribution is 0.421. The standard InChI is InChI=1S/C11H8F2N6O/c12-6-2-1-5(7(13)4-6)3-8-15-10(20-19-8)9-16-11(14)18-17-9/h1-2,4H,3H2,(H3,14,16,17,18). The van der Waals surface area contributed by atoms with E-state index < -0.39 is 11.6 Å². The van der Waals surface area contributed by atoms with Crippen LogP contribution in [0.2, 0.25) is 0 Å². The highest BCUT2D eigenvalue weighted by molar-refractivity contribution is 5.41. The second-order valence-electron chi connectivity index (χ2n) is 3.97. The first-order valence-corrected chi connectivity index (χ1v) is 5.56. The van der Waals surface area contributed by atoms with E-state index in [9.17, 15) is 8.78 Å². The molecule has 0 saturated heterocycles. The van der Waals surface area contributed by atoms with Gasteiger partial charge in [0.15, 0.2) is 5.82 Å². The molecule has 7 nitrogen and oxygen atoms in total. The maximum Gasteiger partial charge on any atom is 0.295 e. The molecule has 102 valence electrons. The molecule has 20 heavy (non-hydrogen) atoms. The maximum absolute atomic E-state index is 13.5. The zero-order valence-corrected chi connectivity index (χ0v) is 9.97. The Balaban J connectivity index is 1.84. The van der Waals surface area contributed by atoms with Crippen LogP contribution in [-0.4, -0.2) is 25.3 Å². The minimum Gasteiger partial charge on any atom is -0.366 e. The lowest BCUT2D eigenvalue weighted by atomic mass is 10.1. The Hall–Kier alpha value is -2.84. The molecule has 0 radical (unpaired) electrons. The van der Waals surface area contributed by atoms with Gasteiger partial charge >= 0.3 is 0 Å². The van der Waals surface area contributed by atoms with Crippen molar-refractivity contribution < 1.29 is 13.3 Å². The third kappa shape index (κ3) is 2.32. The summed E-state index contributed by atoms with van der Waals surface area (Å²) in [5, 5.41) is 9.82. The number of aromatic amines is 1. The Morgan fingerprint density at radius 3 is 2.80 bits per heavy atom. The number of hydrogen-bond acceptors (Lipinski definition) is 6. The van der Waals surface area contributed by atoms with Crippen LogP contribution in [0.5, 0.6) is 0 Å². The van der Waals surface area contributed by atoms with Gasteiger partial charge in [0.1, 0.15) is 11.6 Å². The number of nitrogens with one attached hydrogen (secondary N) is 1. The second-order valence-corrected chi connectivity index (χ2v) is 3.97. The van der Waals surface area contributed by atoms with Crippen molar-refractivity contribution in [1.29, 1.82) is 0 Å². The van der Waals surface area contributed by atoms with E-state index in [1.54, 1.807) is 0 Å². The monoisotopic (exact) mass is 278 g/mol. The zero-order chi connectivity index (χ0) is 14.1. The van der Waals surface area contributed by atoms with Crippen LogP contribution in [0.15, 0.2) is 22.7 Å². The van der Waals surface area contributed by atoms with Gasteiger partial charge in [-0.25, -0.2) is 8.78 Å². The second kappa shape index (κ2) is 4.68. The van der Waals surface area contributed by atoms with E-state index in [2.05, 4.69) is 25.3 Å². The van der Waals surface area contributed by atoms with Crippen molar-refractivity contribution in [2.24, 2.45) is 0 Å². The maximum atomic E-state index is 13.5. The van der Waals surface area contributed by atoms with Gasteiger partial charge in [0.2, 0.25) is 11.8 Å². The number of anilines is 1. The SMILES string of the molecule is Nc1n[nH]c(-c2nc(Cc3ccc(F)cc3F)no2)n1. The third-order valence-electron chi connectivity index (χ3n) is 2.54. The van der Waals surface area contributed by atoms with Gasteiger partial charge in [0, 0.05) is 12.5 Å².